The minimum absolute atomic E-state index is 0.147. The molecule has 2 bridgehead atoms. The van der Waals surface area contributed by atoms with Gasteiger partial charge in [-0.05, 0) is 18.9 Å². The summed E-state index contributed by atoms with van der Waals surface area (Å²) in [5, 5.41) is 15.7. The van der Waals surface area contributed by atoms with Gasteiger partial charge in [0, 0.05) is 55.6 Å². The molecule has 2 aliphatic rings. The van der Waals surface area contributed by atoms with Gasteiger partial charge in [0.15, 0.2) is 11.6 Å². The van der Waals surface area contributed by atoms with Crippen molar-refractivity contribution in [1.29, 1.82) is 0 Å². The predicted molar refractivity (Wildman–Crippen MR) is 109 cm³/mol. The minimum atomic E-state index is -1.06. The van der Waals surface area contributed by atoms with E-state index in [1.807, 2.05) is 13.2 Å². The zero-order valence-electron chi connectivity index (χ0n) is 16.6. The van der Waals surface area contributed by atoms with Gasteiger partial charge >= 0.3 is 0 Å². The van der Waals surface area contributed by atoms with E-state index < -0.39 is 12.3 Å². The lowest BCUT2D eigenvalue weighted by Crippen LogP contribution is -2.59. The van der Waals surface area contributed by atoms with Gasteiger partial charge in [0.2, 0.25) is 5.88 Å². The molecule has 4 atom stereocenters. The van der Waals surface area contributed by atoms with E-state index in [4.69, 9.17) is 4.74 Å². The van der Waals surface area contributed by atoms with Crippen molar-refractivity contribution >= 4 is 0 Å². The zero-order valence-corrected chi connectivity index (χ0v) is 16.6. The third kappa shape index (κ3) is 3.60. The number of ether oxygens (including phenoxy) is 1. The van der Waals surface area contributed by atoms with Crippen LogP contribution < -0.4 is 15.5 Å². The molecule has 2 unspecified atom stereocenters. The Morgan fingerprint density at radius 1 is 1.27 bits per heavy atom. The maximum absolute atomic E-state index is 14.7. The Morgan fingerprint density at radius 2 is 2.17 bits per heavy atom. The number of piperidine rings is 2. The van der Waals surface area contributed by atoms with Crippen LogP contribution in [0.25, 0.3) is 22.5 Å². The Bertz CT molecular complexity index is 1100. The van der Waals surface area contributed by atoms with Crippen LogP contribution in [-0.2, 0) is 7.05 Å². The fourth-order valence-corrected chi connectivity index (χ4v) is 4.35. The summed E-state index contributed by atoms with van der Waals surface area (Å²) in [7, 11) is 1.82. The molecule has 2 N–H and O–H groups in total. The van der Waals surface area contributed by atoms with Crippen LogP contribution in [0.5, 0.6) is 5.88 Å². The SMILES string of the molecule is Cn1cc(-c2cc(=O)c(-c3ccc(O[C@H]4CC5CCCC(N5)[C@H]4F)nn3)c[nH]2)cn1. The van der Waals surface area contributed by atoms with Crippen molar-refractivity contribution in [2.45, 2.75) is 50.0 Å². The number of H-pyrrole nitrogens is 1. The van der Waals surface area contributed by atoms with Gasteiger partial charge in [-0.1, -0.05) is 6.42 Å². The highest BCUT2D eigenvalue weighted by Crippen LogP contribution is 2.30. The highest BCUT2D eigenvalue weighted by atomic mass is 19.1. The second-order valence-electron chi connectivity index (χ2n) is 8.02. The second kappa shape index (κ2) is 7.64. The van der Waals surface area contributed by atoms with Gasteiger partial charge in [0.1, 0.15) is 6.10 Å². The highest BCUT2D eigenvalue weighted by Gasteiger charge is 2.41. The van der Waals surface area contributed by atoms with Crippen LogP contribution in [0.4, 0.5) is 4.39 Å². The molecule has 0 saturated carbocycles. The fraction of sp³-hybridized carbons (Fsp3) is 0.429. The number of rotatable bonds is 4. The van der Waals surface area contributed by atoms with Crippen molar-refractivity contribution in [3.8, 4) is 28.4 Å². The van der Waals surface area contributed by atoms with E-state index in [1.54, 1.807) is 29.2 Å². The first-order chi connectivity index (χ1) is 14.6. The summed E-state index contributed by atoms with van der Waals surface area (Å²) < 4.78 is 22.2. The van der Waals surface area contributed by atoms with E-state index in [0.29, 0.717) is 29.4 Å². The lowest BCUT2D eigenvalue weighted by molar-refractivity contribution is 0.00652. The Labute approximate surface area is 172 Å². The molecular weight excluding hydrogens is 387 g/mol. The standard InChI is InChI=1S/C21H23FN6O2/c1-28-11-12(9-24-28)17-8-18(29)14(10-23-17)15-5-6-20(27-26-15)30-19-7-13-3-2-4-16(25-13)21(19)22/h5-6,8-11,13,16,19,21,25H,2-4,7H2,1H3,(H,23,29)/t13?,16?,19-,21+/m0/s1. The molecule has 9 heteroatoms. The largest absolute Gasteiger partial charge is 0.470 e. The predicted octanol–water partition coefficient (Wildman–Crippen LogP) is 2.23. The first kappa shape index (κ1) is 18.9. The summed E-state index contributed by atoms with van der Waals surface area (Å²) >= 11 is 0. The van der Waals surface area contributed by atoms with Crippen LogP contribution in [-0.4, -0.2) is 49.3 Å². The molecule has 0 aliphatic carbocycles. The maximum Gasteiger partial charge on any atom is 0.233 e. The van der Waals surface area contributed by atoms with Crippen LogP contribution in [0.3, 0.4) is 0 Å². The smallest absolute Gasteiger partial charge is 0.233 e. The van der Waals surface area contributed by atoms with Crippen LogP contribution in [0.2, 0.25) is 0 Å². The lowest BCUT2D eigenvalue weighted by Gasteiger charge is -2.42. The molecule has 0 aromatic carbocycles. The minimum Gasteiger partial charge on any atom is -0.470 e. The third-order valence-electron chi connectivity index (χ3n) is 5.89. The van der Waals surface area contributed by atoms with E-state index >= 15 is 0 Å². The molecule has 3 aromatic rings. The molecule has 8 nitrogen and oxygen atoms in total. The number of alkyl halides is 1. The number of nitrogens with zero attached hydrogens (tertiary/aromatic N) is 4. The summed E-state index contributed by atoms with van der Waals surface area (Å²) in [6.45, 7) is 0. The van der Waals surface area contributed by atoms with E-state index in [9.17, 15) is 9.18 Å². The molecule has 0 radical (unpaired) electrons. The molecule has 156 valence electrons. The molecule has 2 aliphatic heterocycles. The van der Waals surface area contributed by atoms with Gasteiger partial charge in [-0.15, -0.1) is 10.2 Å². The lowest BCUT2D eigenvalue weighted by atomic mass is 9.84. The number of aromatic amines is 1. The molecule has 0 spiro atoms. The number of aryl methyl sites for hydroxylation is 1. The van der Waals surface area contributed by atoms with Crippen molar-refractivity contribution in [3.05, 3.63) is 47.0 Å². The van der Waals surface area contributed by atoms with Crippen LogP contribution in [0.1, 0.15) is 25.7 Å². The van der Waals surface area contributed by atoms with E-state index in [1.165, 1.54) is 6.07 Å². The summed E-state index contributed by atoms with van der Waals surface area (Å²) in [6.07, 6.45) is 7.09. The van der Waals surface area contributed by atoms with Crippen molar-refractivity contribution < 1.29 is 9.13 Å². The number of aromatic nitrogens is 5. The van der Waals surface area contributed by atoms with Gasteiger partial charge in [0.05, 0.1) is 23.1 Å². The topological polar surface area (TPSA) is 97.7 Å². The monoisotopic (exact) mass is 410 g/mol. The molecule has 5 heterocycles. The van der Waals surface area contributed by atoms with E-state index in [2.05, 4.69) is 25.6 Å². The Kier molecular flexibility index (Phi) is 4.82. The van der Waals surface area contributed by atoms with Crippen molar-refractivity contribution in [2.24, 2.45) is 7.05 Å². The van der Waals surface area contributed by atoms with Crippen LogP contribution in [0.15, 0.2) is 41.6 Å². The van der Waals surface area contributed by atoms with Crippen LogP contribution in [0, 0.1) is 0 Å². The average Bonchev–Trinajstić information content (AvgIpc) is 3.19. The molecule has 5 rings (SSSR count). The Balaban J connectivity index is 1.32. The summed E-state index contributed by atoms with van der Waals surface area (Å²) in [4.78, 5) is 15.7. The first-order valence-corrected chi connectivity index (χ1v) is 10.2. The summed E-state index contributed by atoms with van der Waals surface area (Å²) in [5.74, 6) is 0.273. The molecule has 0 amide bonds. The van der Waals surface area contributed by atoms with Gasteiger partial charge in [0.25, 0.3) is 0 Å². The zero-order chi connectivity index (χ0) is 20.7. The van der Waals surface area contributed by atoms with Crippen molar-refractivity contribution in [2.75, 3.05) is 0 Å². The van der Waals surface area contributed by atoms with Gasteiger partial charge < -0.3 is 15.0 Å². The number of hydrogen-bond donors (Lipinski definition) is 2. The number of fused-ring (bicyclic) bond motifs is 2. The van der Waals surface area contributed by atoms with Gasteiger partial charge in [-0.25, -0.2) is 4.39 Å². The molecule has 3 aromatic heterocycles. The number of pyridine rings is 1. The highest BCUT2D eigenvalue weighted by molar-refractivity contribution is 5.63. The summed E-state index contributed by atoms with van der Waals surface area (Å²) in [5.41, 5.74) is 2.16. The molecule has 2 saturated heterocycles. The molecule has 30 heavy (non-hydrogen) atoms. The average molecular weight is 410 g/mol. The van der Waals surface area contributed by atoms with E-state index in [0.717, 1.165) is 24.8 Å². The first-order valence-electron chi connectivity index (χ1n) is 10.2. The molecular formula is C21H23FN6O2. The maximum atomic E-state index is 14.7. The van der Waals surface area contributed by atoms with Crippen molar-refractivity contribution in [3.63, 3.8) is 0 Å². The van der Waals surface area contributed by atoms with Crippen LogP contribution >= 0.6 is 0 Å². The third-order valence-corrected chi connectivity index (χ3v) is 5.89. The Morgan fingerprint density at radius 3 is 2.90 bits per heavy atom. The van der Waals surface area contributed by atoms with E-state index in [-0.39, 0.29) is 17.4 Å². The van der Waals surface area contributed by atoms with Gasteiger partial charge in [-0.3, -0.25) is 9.48 Å². The summed E-state index contributed by atoms with van der Waals surface area (Å²) in [6, 6.07) is 4.98. The van der Waals surface area contributed by atoms with Gasteiger partial charge in [-0.2, -0.15) is 5.10 Å². The number of hydrogen-bond acceptors (Lipinski definition) is 6. The fourth-order valence-electron chi connectivity index (χ4n) is 4.35. The number of halogens is 1. The molecule has 2 fully saturated rings. The Hall–Kier alpha value is -3.07. The van der Waals surface area contributed by atoms with Crippen molar-refractivity contribution in [1.82, 2.24) is 30.3 Å². The quantitative estimate of drug-likeness (QED) is 0.685. The number of nitrogens with one attached hydrogen (secondary N) is 2. The second-order valence-corrected chi connectivity index (χ2v) is 8.02. The normalized spacial score (nSPS) is 25.8.